The number of carbonyl (C=O) groups is 1. The molecule has 0 spiro atoms. The average molecular weight is 390 g/mol. The van der Waals surface area contributed by atoms with Crippen molar-refractivity contribution in [2.75, 3.05) is 13.7 Å². The molecule has 1 aliphatic heterocycles. The summed E-state index contributed by atoms with van der Waals surface area (Å²) in [7, 11) is 2.05. The Balaban J connectivity index is 1.69. The molecular formula is C25H43NO2. The van der Waals surface area contributed by atoms with Crippen molar-refractivity contribution in [1.82, 2.24) is 4.90 Å². The monoisotopic (exact) mass is 389 g/mol. The average Bonchev–Trinajstić information content (AvgIpc) is 3.03. The molecule has 3 saturated carbocycles. The van der Waals surface area contributed by atoms with Crippen molar-refractivity contribution in [3.8, 4) is 0 Å². The molecular weight excluding hydrogens is 346 g/mol. The van der Waals surface area contributed by atoms with Crippen LogP contribution in [0.15, 0.2) is 0 Å². The number of likely N-dealkylation sites (tertiary alicyclic amines) is 1. The maximum absolute atomic E-state index is 12.7. The van der Waals surface area contributed by atoms with Crippen LogP contribution in [-0.2, 0) is 9.53 Å². The van der Waals surface area contributed by atoms with E-state index in [-0.39, 0.29) is 17.6 Å². The van der Waals surface area contributed by atoms with Crippen molar-refractivity contribution < 1.29 is 9.53 Å². The van der Waals surface area contributed by atoms with Crippen LogP contribution < -0.4 is 0 Å². The van der Waals surface area contributed by atoms with Crippen LogP contribution in [0.1, 0.15) is 86.0 Å². The lowest BCUT2D eigenvalue weighted by Gasteiger charge is -2.65. The first kappa shape index (κ1) is 20.7. The fourth-order valence-electron chi connectivity index (χ4n) is 8.18. The lowest BCUT2D eigenvalue weighted by molar-refractivity contribution is -0.208. The SMILES string of the molecule is CC(C)CCOC1C(C)[C@@H]2[C@@H](CC[C@]3(C)CCC[C@@H]23)[C@@]2(C)CCC(=O)N(C)C12. The first-order valence-corrected chi connectivity index (χ1v) is 12.1. The third kappa shape index (κ3) is 3.06. The number of carbonyl (C=O) groups excluding carboxylic acids is 1. The van der Waals surface area contributed by atoms with Gasteiger partial charge >= 0.3 is 0 Å². The molecule has 8 atom stereocenters. The van der Waals surface area contributed by atoms with Crippen molar-refractivity contribution in [3.63, 3.8) is 0 Å². The van der Waals surface area contributed by atoms with Gasteiger partial charge in [-0.3, -0.25) is 4.79 Å². The van der Waals surface area contributed by atoms with Crippen LogP contribution in [0, 0.1) is 40.4 Å². The predicted molar refractivity (Wildman–Crippen MR) is 114 cm³/mol. The van der Waals surface area contributed by atoms with Gasteiger partial charge in [0.05, 0.1) is 12.1 Å². The number of amides is 1. The summed E-state index contributed by atoms with van der Waals surface area (Å²) in [5.41, 5.74) is 0.768. The van der Waals surface area contributed by atoms with Crippen LogP contribution in [0.3, 0.4) is 0 Å². The molecule has 4 rings (SSSR count). The smallest absolute Gasteiger partial charge is 0.222 e. The molecule has 160 valence electrons. The van der Waals surface area contributed by atoms with E-state index < -0.39 is 0 Å². The largest absolute Gasteiger partial charge is 0.376 e. The summed E-state index contributed by atoms with van der Waals surface area (Å²) >= 11 is 0. The van der Waals surface area contributed by atoms with Gasteiger partial charge in [0.25, 0.3) is 0 Å². The molecule has 1 saturated heterocycles. The molecule has 3 aliphatic carbocycles. The molecule has 28 heavy (non-hydrogen) atoms. The first-order chi connectivity index (χ1) is 13.2. The Bertz CT molecular complexity index is 603. The van der Waals surface area contributed by atoms with Gasteiger partial charge < -0.3 is 9.64 Å². The second kappa shape index (κ2) is 7.29. The molecule has 4 fully saturated rings. The number of fused-ring (bicyclic) bond motifs is 5. The summed E-state index contributed by atoms with van der Waals surface area (Å²) in [5.74, 6) is 3.92. The summed E-state index contributed by atoms with van der Waals surface area (Å²) in [6.45, 7) is 12.9. The zero-order chi connectivity index (χ0) is 20.3. The highest BCUT2D eigenvalue weighted by molar-refractivity contribution is 5.77. The minimum Gasteiger partial charge on any atom is -0.376 e. The highest BCUT2D eigenvalue weighted by Gasteiger charge is 2.64. The molecule has 1 amide bonds. The summed E-state index contributed by atoms with van der Waals surface area (Å²) < 4.78 is 6.70. The third-order valence-corrected chi connectivity index (χ3v) is 9.77. The number of piperidine rings is 1. The van der Waals surface area contributed by atoms with Crippen LogP contribution in [0.2, 0.25) is 0 Å². The van der Waals surface area contributed by atoms with E-state index in [1.807, 2.05) is 0 Å². The first-order valence-electron chi connectivity index (χ1n) is 12.1. The summed E-state index contributed by atoms with van der Waals surface area (Å²) in [4.78, 5) is 14.8. The van der Waals surface area contributed by atoms with Gasteiger partial charge in [0.1, 0.15) is 0 Å². The molecule has 3 heteroatoms. The number of nitrogens with zero attached hydrogens (tertiary/aromatic N) is 1. The van der Waals surface area contributed by atoms with Crippen molar-refractivity contribution in [2.45, 2.75) is 98.1 Å². The van der Waals surface area contributed by atoms with E-state index in [0.717, 1.165) is 43.6 Å². The Labute approximate surface area is 173 Å². The maximum Gasteiger partial charge on any atom is 0.222 e. The van der Waals surface area contributed by atoms with Gasteiger partial charge in [0, 0.05) is 20.1 Å². The minimum absolute atomic E-state index is 0.196. The fraction of sp³-hybridized carbons (Fsp3) is 0.960. The zero-order valence-electron chi connectivity index (χ0n) is 19.2. The van der Waals surface area contributed by atoms with E-state index in [2.05, 4.69) is 46.6 Å². The van der Waals surface area contributed by atoms with Crippen molar-refractivity contribution in [2.24, 2.45) is 40.4 Å². The highest BCUT2D eigenvalue weighted by Crippen LogP contribution is 2.66. The molecule has 0 aromatic rings. The van der Waals surface area contributed by atoms with Gasteiger partial charge in [-0.15, -0.1) is 0 Å². The van der Waals surface area contributed by atoms with Crippen molar-refractivity contribution in [3.05, 3.63) is 0 Å². The molecule has 0 radical (unpaired) electrons. The Hall–Kier alpha value is -0.570. The topological polar surface area (TPSA) is 29.5 Å². The second-order valence-corrected chi connectivity index (χ2v) is 11.7. The standard InChI is InChI=1S/C25H43NO2/c1-16(2)11-15-28-22-17(3)21-18-8-7-12-24(18,4)13-9-19(21)25(5)14-10-20(27)26(6)23(22)25/h16-19,21-23H,7-15H2,1-6H3/t17?,18-,19+,21-,22?,23?,24-,25+/m0/s1. The van der Waals surface area contributed by atoms with Crippen molar-refractivity contribution >= 4 is 5.91 Å². The van der Waals surface area contributed by atoms with Crippen molar-refractivity contribution in [1.29, 1.82) is 0 Å². The number of ether oxygens (including phenoxy) is 1. The molecule has 4 aliphatic rings. The summed E-state index contributed by atoms with van der Waals surface area (Å²) in [5, 5.41) is 0. The summed E-state index contributed by atoms with van der Waals surface area (Å²) in [6.07, 6.45) is 10.1. The van der Waals surface area contributed by atoms with Gasteiger partial charge in [0.15, 0.2) is 0 Å². The van der Waals surface area contributed by atoms with Gasteiger partial charge in [-0.1, -0.05) is 41.0 Å². The number of likely N-dealkylation sites (N-methyl/N-ethyl adjacent to an activating group) is 1. The van der Waals surface area contributed by atoms with E-state index in [0.29, 0.717) is 23.2 Å². The molecule has 3 unspecified atom stereocenters. The van der Waals surface area contributed by atoms with Gasteiger partial charge in [-0.05, 0) is 78.9 Å². The van der Waals surface area contributed by atoms with Crippen LogP contribution in [0.4, 0.5) is 0 Å². The van der Waals surface area contributed by atoms with E-state index in [1.54, 1.807) is 0 Å². The Morgan fingerprint density at radius 3 is 2.61 bits per heavy atom. The predicted octanol–water partition coefficient (Wildman–Crippen LogP) is 5.53. The summed E-state index contributed by atoms with van der Waals surface area (Å²) in [6, 6.07) is 0.253. The number of hydrogen-bond donors (Lipinski definition) is 0. The van der Waals surface area contributed by atoms with Gasteiger partial charge in [0.2, 0.25) is 5.91 Å². The fourth-order valence-corrected chi connectivity index (χ4v) is 8.18. The van der Waals surface area contributed by atoms with Crippen LogP contribution in [-0.4, -0.2) is 36.6 Å². The van der Waals surface area contributed by atoms with Crippen LogP contribution >= 0.6 is 0 Å². The minimum atomic E-state index is 0.196. The number of rotatable bonds is 4. The second-order valence-electron chi connectivity index (χ2n) is 11.7. The van der Waals surface area contributed by atoms with Crippen LogP contribution in [0.5, 0.6) is 0 Å². The normalized spacial score (nSPS) is 48.4. The Kier molecular flexibility index (Phi) is 5.39. The lowest BCUT2D eigenvalue weighted by atomic mass is 9.44. The van der Waals surface area contributed by atoms with E-state index in [9.17, 15) is 4.79 Å². The molecule has 0 N–H and O–H groups in total. The van der Waals surface area contributed by atoms with Gasteiger partial charge in [-0.25, -0.2) is 0 Å². The Morgan fingerprint density at radius 2 is 1.89 bits per heavy atom. The van der Waals surface area contributed by atoms with E-state index >= 15 is 0 Å². The zero-order valence-corrected chi connectivity index (χ0v) is 19.2. The maximum atomic E-state index is 12.7. The van der Waals surface area contributed by atoms with Crippen LogP contribution in [0.25, 0.3) is 0 Å². The quantitative estimate of drug-likeness (QED) is 0.633. The van der Waals surface area contributed by atoms with Gasteiger partial charge in [-0.2, -0.15) is 0 Å². The van der Waals surface area contributed by atoms with E-state index in [4.69, 9.17) is 4.74 Å². The Morgan fingerprint density at radius 1 is 1.14 bits per heavy atom. The molecule has 0 aromatic carbocycles. The molecule has 1 heterocycles. The molecule has 0 bridgehead atoms. The molecule has 3 nitrogen and oxygen atoms in total. The molecule has 0 aromatic heterocycles. The third-order valence-electron chi connectivity index (χ3n) is 9.77. The lowest BCUT2D eigenvalue weighted by Crippen LogP contribution is -2.69. The highest BCUT2D eigenvalue weighted by atomic mass is 16.5. The van der Waals surface area contributed by atoms with E-state index in [1.165, 1.54) is 32.1 Å². The number of hydrogen-bond acceptors (Lipinski definition) is 2.